The minimum atomic E-state index is 0. The Morgan fingerprint density at radius 3 is 2.85 bits per heavy atom. The van der Waals surface area contributed by atoms with Crippen LogP contribution in [0.1, 0.15) is 30.3 Å². The molecule has 0 spiro atoms. The van der Waals surface area contributed by atoms with E-state index in [9.17, 15) is 0 Å². The number of aryl methyl sites for hydroxylation is 2. The highest BCUT2D eigenvalue weighted by Crippen LogP contribution is 2.23. The van der Waals surface area contributed by atoms with Crippen LogP contribution in [0.4, 0.5) is 0 Å². The van der Waals surface area contributed by atoms with E-state index in [1.54, 1.807) is 0 Å². The lowest BCUT2D eigenvalue weighted by molar-refractivity contribution is 0.166. The second-order valence-corrected chi connectivity index (χ2v) is 8.57. The molecular weight excluding hydrogens is 541 g/mol. The van der Waals surface area contributed by atoms with Gasteiger partial charge in [0.05, 0.1) is 30.8 Å². The predicted molar refractivity (Wildman–Crippen MR) is 148 cm³/mol. The molecule has 4 rings (SSSR count). The van der Waals surface area contributed by atoms with Gasteiger partial charge in [0.25, 0.3) is 0 Å². The van der Waals surface area contributed by atoms with Gasteiger partial charge in [-0.25, -0.2) is 9.98 Å². The van der Waals surface area contributed by atoms with Gasteiger partial charge in [-0.2, -0.15) is 0 Å². The number of hydrogen-bond donors (Lipinski definition) is 2. The second kappa shape index (κ2) is 12.9. The van der Waals surface area contributed by atoms with Crippen molar-refractivity contribution in [3.05, 3.63) is 59.4 Å². The van der Waals surface area contributed by atoms with E-state index in [0.29, 0.717) is 19.1 Å². The largest absolute Gasteiger partial charge is 0.493 e. The molecule has 1 aromatic heterocycles. The third-order valence-corrected chi connectivity index (χ3v) is 5.95. The molecule has 3 aromatic rings. The molecular formula is C26H36IN5O2. The number of nitrogens with one attached hydrogen (secondary N) is 2. The van der Waals surface area contributed by atoms with Crippen molar-refractivity contribution in [1.29, 1.82) is 0 Å². The number of aliphatic imine (C=N–C) groups is 1. The molecule has 34 heavy (non-hydrogen) atoms. The maximum Gasteiger partial charge on any atom is 0.191 e. The lowest BCUT2D eigenvalue weighted by atomic mass is 10.1. The van der Waals surface area contributed by atoms with E-state index in [1.165, 1.54) is 5.56 Å². The summed E-state index contributed by atoms with van der Waals surface area (Å²) in [6.07, 6.45) is 1.07. The van der Waals surface area contributed by atoms with Crippen LogP contribution in [-0.2, 0) is 17.8 Å². The van der Waals surface area contributed by atoms with E-state index >= 15 is 0 Å². The SMILES string of the molecule is CCNC(=NCc1ccc(C)cc1OCC1CCOC1)NCCn1c(C)nc2ccccc21.I. The summed E-state index contributed by atoms with van der Waals surface area (Å²) in [7, 11) is 0. The average molecular weight is 578 g/mol. The van der Waals surface area contributed by atoms with Gasteiger partial charge in [0.1, 0.15) is 11.6 Å². The Morgan fingerprint density at radius 2 is 2.06 bits per heavy atom. The molecule has 0 radical (unpaired) electrons. The van der Waals surface area contributed by atoms with Gasteiger partial charge in [-0.15, -0.1) is 24.0 Å². The minimum absolute atomic E-state index is 0. The summed E-state index contributed by atoms with van der Waals surface area (Å²) in [6.45, 7) is 11.5. The Hall–Kier alpha value is -2.33. The van der Waals surface area contributed by atoms with Crippen LogP contribution in [0.15, 0.2) is 47.5 Å². The topological polar surface area (TPSA) is 72.7 Å². The average Bonchev–Trinajstić information content (AvgIpc) is 3.44. The summed E-state index contributed by atoms with van der Waals surface area (Å²) in [4.78, 5) is 9.48. The predicted octanol–water partition coefficient (Wildman–Crippen LogP) is 4.44. The Labute approximate surface area is 219 Å². The first-order valence-corrected chi connectivity index (χ1v) is 11.9. The maximum absolute atomic E-state index is 6.18. The Morgan fingerprint density at radius 1 is 1.21 bits per heavy atom. The first kappa shape index (κ1) is 26.3. The summed E-state index contributed by atoms with van der Waals surface area (Å²) in [5.74, 6) is 3.22. The number of imidazole rings is 1. The number of nitrogens with zero attached hydrogens (tertiary/aromatic N) is 3. The molecule has 8 heteroatoms. The lowest BCUT2D eigenvalue weighted by Gasteiger charge is -2.15. The second-order valence-electron chi connectivity index (χ2n) is 8.57. The zero-order valence-corrected chi connectivity index (χ0v) is 22.7. The van der Waals surface area contributed by atoms with E-state index in [-0.39, 0.29) is 24.0 Å². The minimum Gasteiger partial charge on any atom is -0.493 e. The number of para-hydroxylation sites is 2. The van der Waals surface area contributed by atoms with Crippen LogP contribution < -0.4 is 15.4 Å². The molecule has 7 nitrogen and oxygen atoms in total. The highest BCUT2D eigenvalue weighted by molar-refractivity contribution is 14.0. The summed E-state index contributed by atoms with van der Waals surface area (Å²) in [6, 6.07) is 14.6. The first-order chi connectivity index (χ1) is 16.1. The number of halogens is 1. The number of fused-ring (bicyclic) bond motifs is 1. The Kier molecular flexibility index (Phi) is 10.0. The molecule has 2 heterocycles. The zero-order valence-electron chi connectivity index (χ0n) is 20.3. The van der Waals surface area contributed by atoms with E-state index in [1.807, 2.05) is 6.07 Å². The Balaban J connectivity index is 0.00000324. The third-order valence-electron chi connectivity index (χ3n) is 5.95. The van der Waals surface area contributed by atoms with Gasteiger partial charge < -0.3 is 24.7 Å². The van der Waals surface area contributed by atoms with Crippen LogP contribution >= 0.6 is 24.0 Å². The molecule has 184 valence electrons. The van der Waals surface area contributed by atoms with Crippen LogP contribution in [0.3, 0.4) is 0 Å². The molecule has 0 amide bonds. The number of hydrogen-bond acceptors (Lipinski definition) is 4. The molecule has 1 unspecified atom stereocenters. The van der Waals surface area contributed by atoms with Crippen LogP contribution in [0, 0.1) is 19.8 Å². The van der Waals surface area contributed by atoms with Gasteiger partial charge in [-0.1, -0.05) is 24.3 Å². The molecule has 1 atom stereocenters. The number of benzene rings is 2. The quantitative estimate of drug-likeness (QED) is 0.224. The van der Waals surface area contributed by atoms with E-state index in [0.717, 1.165) is 73.4 Å². The molecule has 1 aliphatic heterocycles. The molecule has 0 aliphatic carbocycles. The monoisotopic (exact) mass is 577 g/mol. The molecule has 0 saturated carbocycles. The lowest BCUT2D eigenvalue weighted by Crippen LogP contribution is -2.38. The van der Waals surface area contributed by atoms with Gasteiger partial charge in [-0.3, -0.25) is 0 Å². The van der Waals surface area contributed by atoms with Crippen molar-refractivity contribution in [3.8, 4) is 5.75 Å². The van der Waals surface area contributed by atoms with Crippen LogP contribution in [-0.4, -0.2) is 48.4 Å². The molecule has 2 aromatic carbocycles. The van der Waals surface area contributed by atoms with Gasteiger partial charge in [0, 0.05) is 37.7 Å². The van der Waals surface area contributed by atoms with Gasteiger partial charge in [0.2, 0.25) is 0 Å². The molecule has 1 aliphatic rings. The molecule has 1 saturated heterocycles. The number of aromatic nitrogens is 2. The van der Waals surface area contributed by atoms with Crippen molar-refractivity contribution >= 4 is 41.0 Å². The van der Waals surface area contributed by atoms with Gasteiger partial charge in [0.15, 0.2) is 5.96 Å². The molecule has 1 fully saturated rings. The highest BCUT2D eigenvalue weighted by atomic mass is 127. The number of guanidine groups is 1. The van der Waals surface area contributed by atoms with Gasteiger partial charge in [-0.05, 0) is 51.0 Å². The number of rotatable bonds is 9. The van der Waals surface area contributed by atoms with Crippen LogP contribution in [0.2, 0.25) is 0 Å². The van der Waals surface area contributed by atoms with Crippen molar-refractivity contribution in [3.63, 3.8) is 0 Å². The fraction of sp³-hybridized carbons (Fsp3) is 0.462. The van der Waals surface area contributed by atoms with Crippen molar-refractivity contribution in [1.82, 2.24) is 20.2 Å². The zero-order chi connectivity index (χ0) is 23.0. The molecule has 2 N–H and O–H groups in total. The third kappa shape index (κ3) is 6.85. The standard InChI is InChI=1S/C26H35N5O2.HI/c1-4-27-26(28-12-13-31-20(3)30-23-7-5-6-8-24(23)31)29-16-22-10-9-19(2)15-25(22)33-18-21-11-14-32-17-21;/h5-10,15,21H,4,11-14,16-18H2,1-3H3,(H2,27,28,29);1H. The van der Waals surface area contributed by atoms with Crippen LogP contribution in [0.25, 0.3) is 11.0 Å². The fourth-order valence-electron chi connectivity index (χ4n) is 4.12. The van der Waals surface area contributed by atoms with Crippen molar-refractivity contribution in [2.75, 3.05) is 32.9 Å². The summed E-state index contributed by atoms with van der Waals surface area (Å²) in [5, 5.41) is 6.81. The van der Waals surface area contributed by atoms with Crippen molar-refractivity contribution in [2.24, 2.45) is 10.9 Å². The Bertz CT molecular complexity index is 1090. The van der Waals surface area contributed by atoms with Crippen molar-refractivity contribution in [2.45, 2.75) is 40.3 Å². The summed E-state index contributed by atoms with van der Waals surface area (Å²) >= 11 is 0. The fourth-order valence-corrected chi connectivity index (χ4v) is 4.12. The maximum atomic E-state index is 6.18. The number of ether oxygens (including phenoxy) is 2. The first-order valence-electron chi connectivity index (χ1n) is 11.9. The van der Waals surface area contributed by atoms with E-state index in [2.05, 4.69) is 77.4 Å². The van der Waals surface area contributed by atoms with Crippen LogP contribution in [0.5, 0.6) is 5.75 Å². The van der Waals surface area contributed by atoms with Crippen molar-refractivity contribution < 1.29 is 9.47 Å². The van der Waals surface area contributed by atoms with Gasteiger partial charge >= 0.3 is 0 Å². The molecule has 0 bridgehead atoms. The van der Waals surface area contributed by atoms with E-state index in [4.69, 9.17) is 14.5 Å². The smallest absolute Gasteiger partial charge is 0.191 e. The highest BCUT2D eigenvalue weighted by Gasteiger charge is 2.17. The van der Waals surface area contributed by atoms with E-state index < -0.39 is 0 Å². The summed E-state index contributed by atoms with van der Waals surface area (Å²) < 4.78 is 13.9. The normalized spacial score (nSPS) is 15.9. The summed E-state index contributed by atoms with van der Waals surface area (Å²) in [5.41, 5.74) is 4.47.